The molecule has 0 fully saturated rings. The quantitative estimate of drug-likeness (QED) is 0.617. The lowest BCUT2D eigenvalue weighted by molar-refractivity contribution is 0.415. The molecule has 1 aromatic heterocycles. The van der Waals surface area contributed by atoms with Crippen LogP contribution in [0.15, 0.2) is 73.1 Å². The van der Waals surface area contributed by atoms with Crippen LogP contribution in [0.4, 0.5) is 5.69 Å². The van der Waals surface area contributed by atoms with Crippen LogP contribution in [0, 0.1) is 0 Å². The zero-order chi connectivity index (χ0) is 19.3. The van der Waals surface area contributed by atoms with Gasteiger partial charge in [0.15, 0.2) is 0 Å². The Morgan fingerprint density at radius 1 is 1.00 bits per heavy atom. The number of hydrogen-bond acceptors (Lipinski definition) is 4. The SMILES string of the molecule is CCS(=O)(=O)N(Cc1cccnc1)c1cc(-c2ccccc2)ccc1OC. The Hall–Kier alpha value is -2.86. The average Bonchev–Trinajstić information content (AvgIpc) is 2.73. The summed E-state index contributed by atoms with van der Waals surface area (Å²) in [6.07, 6.45) is 3.34. The van der Waals surface area contributed by atoms with Gasteiger partial charge in [-0.2, -0.15) is 0 Å². The van der Waals surface area contributed by atoms with Crippen LogP contribution in [0.5, 0.6) is 5.75 Å². The van der Waals surface area contributed by atoms with E-state index in [4.69, 9.17) is 4.74 Å². The van der Waals surface area contributed by atoms with Crippen molar-refractivity contribution in [1.82, 2.24) is 4.98 Å². The molecular weight excluding hydrogens is 360 g/mol. The lowest BCUT2D eigenvalue weighted by atomic mass is 10.0. The number of ether oxygens (including phenoxy) is 1. The highest BCUT2D eigenvalue weighted by Crippen LogP contribution is 2.35. The number of benzene rings is 2. The second-order valence-electron chi connectivity index (χ2n) is 6.02. The molecule has 5 nitrogen and oxygen atoms in total. The van der Waals surface area contributed by atoms with Gasteiger partial charge in [-0.15, -0.1) is 0 Å². The van der Waals surface area contributed by atoms with E-state index in [0.29, 0.717) is 11.4 Å². The van der Waals surface area contributed by atoms with Crippen molar-refractivity contribution in [2.24, 2.45) is 0 Å². The van der Waals surface area contributed by atoms with Crippen molar-refractivity contribution in [1.29, 1.82) is 0 Å². The number of pyridine rings is 1. The normalized spacial score (nSPS) is 11.2. The molecule has 3 rings (SSSR count). The summed E-state index contributed by atoms with van der Waals surface area (Å²) in [4.78, 5) is 4.09. The highest BCUT2D eigenvalue weighted by Gasteiger charge is 2.24. The number of sulfonamides is 1. The van der Waals surface area contributed by atoms with Crippen LogP contribution in [-0.4, -0.2) is 26.3 Å². The Labute approximate surface area is 160 Å². The molecule has 0 aliphatic rings. The van der Waals surface area contributed by atoms with Gasteiger partial charge in [0.25, 0.3) is 0 Å². The van der Waals surface area contributed by atoms with Gasteiger partial charge in [-0.05, 0) is 41.8 Å². The van der Waals surface area contributed by atoms with Gasteiger partial charge < -0.3 is 4.74 Å². The van der Waals surface area contributed by atoms with Gasteiger partial charge in [0.1, 0.15) is 5.75 Å². The first kappa shape index (κ1) is 18.9. The third-order valence-corrected chi connectivity index (χ3v) is 6.03. The maximum absolute atomic E-state index is 12.9. The molecule has 3 aromatic rings. The predicted octanol–water partition coefficient (Wildman–Crippen LogP) is 4.11. The Bertz CT molecular complexity index is 990. The topological polar surface area (TPSA) is 59.5 Å². The van der Waals surface area contributed by atoms with Crippen LogP contribution in [0.1, 0.15) is 12.5 Å². The lowest BCUT2D eigenvalue weighted by Gasteiger charge is -2.26. The zero-order valence-electron chi connectivity index (χ0n) is 15.4. The molecule has 0 saturated heterocycles. The first-order chi connectivity index (χ1) is 13.0. The van der Waals surface area contributed by atoms with Crippen molar-refractivity contribution >= 4 is 15.7 Å². The number of methoxy groups -OCH3 is 1. The minimum Gasteiger partial charge on any atom is -0.495 e. The molecule has 0 unspecified atom stereocenters. The molecule has 2 aromatic carbocycles. The molecule has 1 heterocycles. The molecule has 0 bridgehead atoms. The van der Waals surface area contributed by atoms with E-state index < -0.39 is 10.0 Å². The van der Waals surface area contributed by atoms with Crippen molar-refractivity contribution in [3.05, 3.63) is 78.6 Å². The monoisotopic (exact) mass is 382 g/mol. The standard InChI is InChI=1S/C21H22N2O3S/c1-3-27(24,25)23(16-17-8-7-13-22-15-17)20-14-19(11-12-21(20)26-2)18-9-5-4-6-10-18/h4-15H,3,16H2,1-2H3. The third-order valence-electron chi connectivity index (χ3n) is 4.30. The summed E-state index contributed by atoms with van der Waals surface area (Å²) in [6.45, 7) is 1.83. The molecule has 0 radical (unpaired) electrons. The third kappa shape index (κ3) is 4.28. The number of nitrogens with zero attached hydrogens (tertiary/aromatic N) is 2. The molecule has 6 heteroatoms. The van der Waals surface area contributed by atoms with Gasteiger partial charge in [0.05, 0.1) is 25.1 Å². The fourth-order valence-corrected chi connectivity index (χ4v) is 3.94. The molecule has 0 aliphatic heterocycles. The summed E-state index contributed by atoms with van der Waals surface area (Å²) in [5.41, 5.74) is 3.26. The number of hydrogen-bond donors (Lipinski definition) is 0. The second-order valence-corrected chi connectivity index (χ2v) is 8.20. The van der Waals surface area contributed by atoms with E-state index in [2.05, 4.69) is 4.98 Å². The van der Waals surface area contributed by atoms with E-state index in [1.165, 1.54) is 4.31 Å². The summed E-state index contributed by atoms with van der Waals surface area (Å²) >= 11 is 0. The summed E-state index contributed by atoms with van der Waals surface area (Å²) in [5, 5.41) is 0. The number of rotatable bonds is 7. The van der Waals surface area contributed by atoms with Gasteiger partial charge in [-0.1, -0.05) is 42.5 Å². The minimum atomic E-state index is -3.52. The maximum Gasteiger partial charge on any atom is 0.235 e. The highest BCUT2D eigenvalue weighted by atomic mass is 32.2. The Morgan fingerprint density at radius 3 is 2.41 bits per heavy atom. The fraction of sp³-hybridized carbons (Fsp3) is 0.190. The molecule has 27 heavy (non-hydrogen) atoms. The van der Waals surface area contributed by atoms with E-state index >= 15 is 0 Å². The van der Waals surface area contributed by atoms with Crippen LogP contribution in [-0.2, 0) is 16.6 Å². The van der Waals surface area contributed by atoms with E-state index in [9.17, 15) is 8.42 Å². The van der Waals surface area contributed by atoms with Crippen molar-refractivity contribution in [2.75, 3.05) is 17.2 Å². The average molecular weight is 382 g/mol. The summed E-state index contributed by atoms with van der Waals surface area (Å²) in [5.74, 6) is 0.502. The zero-order valence-corrected chi connectivity index (χ0v) is 16.2. The van der Waals surface area contributed by atoms with Crippen LogP contribution in [0.3, 0.4) is 0 Å². The summed E-state index contributed by atoms with van der Waals surface area (Å²) < 4.78 is 32.6. The van der Waals surface area contributed by atoms with Gasteiger partial charge in [-0.3, -0.25) is 9.29 Å². The summed E-state index contributed by atoms with van der Waals surface area (Å²) in [6, 6.07) is 19.1. The van der Waals surface area contributed by atoms with Gasteiger partial charge in [0.2, 0.25) is 10.0 Å². The van der Waals surface area contributed by atoms with Crippen LogP contribution in [0.25, 0.3) is 11.1 Å². The van der Waals surface area contributed by atoms with Gasteiger partial charge >= 0.3 is 0 Å². The number of aromatic nitrogens is 1. The van der Waals surface area contributed by atoms with Crippen molar-refractivity contribution in [3.8, 4) is 16.9 Å². The molecule has 0 N–H and O–H groups in total. The van der Waals surface area contributed by atoms with Crippen LogP contribution >= 0.6 is 0 Å². The first-order valence-electron chi connectivity index (χ1n) is 8.68. The molecule has 0 saturated carbocycles. The smallest absolute Gasteiger partial charge is 0.235 e. The molecular formula is C21H22N2O3S. The van der Waals surface area contributed by atoms with Crippen molar-refractivity contribution in [3.63, 3.8) is 0 Å². The Balaban J connectivity index is 2.12. The van der Waals surface area contributed by atoms with E-state index in [1.54, 1.807) is 38.6 Å². The molecule has 0 spiro atoms. The highest BCUT2D eigenvalue weighted by molar-refractivity contribution is 7.92. The van der Waals surface area contributed by atoms with E-state index in [-0.39, 0.29) is 12.3 Å². The predicted molar refractivity (Wildman–Crippen MR) is 108 cm³/mol. The lowest BCUT2D eigenvalue weighted by Crippen LogP contribution is -2.32. The van der Waals surface area contributed by atoms with E-state index in [0.717, 1.165) is 16.7 Å². The molecule has 140 valence electrons. The number of anilines is 1. The second kappa shape index (κ2) is 8.22. The van der Waals surface area contributed by atoms with Crippen LogP contribution in [0.2, 0.25) is 0 Å². The largest absolute Gasteiger partial charge is 0.495 e. The van der Waals surface area contributed by atoms with Gasteiger partial charge in [-0.25, -0.2) is 8.42 Å². The van der Waals surface area contributed by atoms with Crippen molar-refractivity contribution in [2.45, 2.75) is 13.5 Å². The van der Waals surface area contributed by atoms with Crippen LogP contribution < -0.4 is 9.04 Å². The van der Waals surface area contributed by atoms with Crippen molar-refractivity contribution < 1.29 is 13.2 Å². The summed E-state index contributed by atoms with van der Waals surface area (Å²) in [7, 11) is -1.97. The Kier molecular flexibility index (Phi) is 5.76. The first-order valence-corrected chi connectivity index (χ1v) is 10.3. The van der Waals surface area contributed by atoms with Gasteiger partial charge in [0, 0.05) is 12.4 Å². The van der Waals surface area contributed by atoms with E-state index in [1.807, 2.05) is 48.5 Å². The maximum atomic E-state index is 12.9. The molecule has 0 atom stereocenters. The fourth-order valence-electron chi connectivity index (χ4n) is 2.84. The minimum absolute atomic E-state index is 0.00796. The molecule has 0 amide bonds. The Morgan fingerprint density at radius 2 is 1.78 bits per heavy atom. The molecule has 0 aliphatic carbocycles.